The molecule has 0 aliphatic carbocycles. The molecule has 0 aromatic heterocycles. The summed E-state index contributed by atoms with van der Waals surface area (Å²) in [5.74, 6) is 2.17. The molecule has 1 aliphatic heterocycles. The van der Waals surface area contributed by atoms with Crippen LogP contribution in [0, 0.1) is 0 Å². The average molecular weight is 169 g/mol. The van der Waals surface area contributed by atoms with Crippen molar-refractivity contribution in [2.45, 2.75) is 25.8 Å². The van der Waals surface area contributed by atoms with Gasteiger partial charge in [0.1, 0.15) is 0 Å². The van der Waals surface area contributed by atoms with Crippen LogP contribution in [-0.4, -0.2) is 36.2 Å². The summed E-state index contributed by atoms with van der Waals surface area (Å²) in [4.78, 5) is 12.3. The summed E-state index contributed by atoms with van der Waals surface area (Å²) < 4.78 is 0. The Labute approximate surface area is 73.1 Å². The number of hydrogen-bond donors (Lipinski definition) is 0. The van der Waals surface area contributed by atoms with Gasteiger partial charge < -0.3 is 4.81 Å². The molecule has 0 aromatic rings. The lowest BCUT2D eigenvalue weighted by molar-refractivity contribution is -0.124. The zero-order valence-electron chi connectivity index (χ0n) is 6.75. The van der Waals surface area contributed by atoms with E-state index in [1.54, 1.807) is 0 Å². The second-order valence-corrected chi connectivity index (χ2v) is 3.97. The number of carbonyl (C=O) groups is 1. The van der Waals surface area contributed by atoms with Gasteiger partial charge in [-0.05, 0) is 12.2 Å². The Morgan fingerprint density at radius 1 is 1.82 bits per heavy atom. The molecule has 1 aliphatic rings. The van der Waals surface area contributed by atoms with Crippen molar-refractivity contribution in [2.24, 2.45) is 0 Å². The van der Waals surface area contributed by atoms with Gasteiger partial charge in [0.05, 0.1) is 0 Å². The molecule has 1 fully saturated rings. The predicted molar refractivity (Wildman–Crippen MR) is 48.6 cm³/mol. The first-order valence-electron chi connectivity index (χ1n) is 3.90. The molecule has 11 heavy (non-hydrogen) atoms. The molecule has 1 saturated heterocycles. The minimum atomic E-state index is 0.0895. The van der Waals surface area contributed by atoms with Gasteiger partial charge in [-0.25, -0.2) is 0 Å². The second kappa shape index (κ2) is 4.05. The average Bonchev–Trinajstić information content (AvgIpc) is 2.31. The van der Waals surface area contributed by atoms with Crippen molar-refractivity contribution in [3.05, 3.63) is 0 Å². The molecule has 1 rings (SSSR count). The SMILES string of the molecule is [B]N1C(=O)CC[C@H]1CSCC. The molecule has 1 heterocycles. The van der Waals surface area contributed by atoms with Crippen molar-refractivity contribution in [2.75, 3.05) is 11.5 Å². The van der Waals surface area contributed by atoms with Crippen molar-refractivity contribution in [1.82, 2.24) is 4.81 Å². The first-order valence-corrected chi connectivity index (χ1v) is 5.05. The first-order chi connectivity index (χ1) is 5.25. The van der Waals surface area contributed by atoms with Crippen LogP contribution in [-0.2, 0) is 4.79 Å². The Balaban J connectivity index is 2.30. The highest BCUT2D eigenvalue weighted by Crippen LogP contribution is 2.19. The van der Waals surface area contributed by atoms with Crippen LogP contribution in [0.1, 0.15) is 19.8 Å². The summed E-state index contributed by atoms with van der Waals surface area (Å²) in [5.41, 5.74) is 0. The van der Waals surface area contributed by atoms with Crippen LogP contribution >= 0.6 is 11.8 Å². The molecule has 4 heteroatoms. The van der Waals surface area contributed by atoms with Crippen molar-refractivity contribution in [1.29, 1.82) is 0 Å². The van der Waals surface area contributed by atoms with Crippen LogP contribution in [0.3, 0.4) is 0 Å². The number of nitrogens with zero attached hydrogens (tertiary/aromatic N) is 1. The van der Waals surface area contributed by atoms with Crippen molar-refractivity contribution < 1.29 is 4.79 Å². The van der Waals surface area contributed by atoms with Gasteiger partial charge in [0.15, 0.2) is 0 Å². The van der Waals surface area contributed by atoms with Gasteiger partial charge in [-0.15, -0.1) is 0 Å². The standard InChI is InChI=1S/C7H12BNOS/c1-2-11-5-6-3-4-7(10)9(6)8/h6H,2-5H2,1H3/t6-/m0/s1. The summed E-state index contributed by atoms with van der Waals surface area (Å²) in [6.07, 6.45) is 1.56. The highest BCUT2D eigenvalue weighted by atomic mass is 32.2. The molecule has 2 nitrogen and oxygen atoms in total. The summed E-state index contributed by atoms with van der Waals surface area (Å²) in [5, 5.41) is 0. The number of rotatable bonds is 3. The number of amides is 1. The Hall–Kier alpha value is -0.115. The molecule has 0 saturated carbocycles. The quantitative estimate of drug-likeness (QED) is 0.582. The fourth-order valence-corrected chi connectivity index (χ4v) is 2.01. The van der Waals surface area contributed by atoms with Gasteiger partial charge in [0.25, 0.3) is 0 Å². The Morgan fingerprint density at radius 3 is 3.00 bits per heavy atom. The van der Waals surface area contributed by atoms with E-state index in [4.69, 9.17) is 7.98 Å². The zero-order valence-corrected chi connectivity index (χ0v) is 7.56. The van der Waals surface area contributed by atoms with Crippen LogP contribution in [0.15, 0.2) is 0 Å². The van der Waals surface area contributed by atoms with E-state index < -0.39 is 0 Å². The van der Waals surface area contributed by atoms with Gasteiger partial charge in [0.2, 0.25) is 13.9 Å². The van der Waals surface area contributed by atoms with E-state index >= 15 is 0 Å². The van der Waals surface area contributed by atoms with Crippen LogP contribution in [0.4, 0.5) is 0 Å². The molecule has 0 unspecified atom stereocenters. The van der Waals surface area contributed by atoms with E-state index in [0.717, 1.165) is 17.9 Å². The number of carbonyl (C=O) groups excluding carboxylic acids is 1. The lowest BCUT2D eigenvalue weighted by Crippen LogP contribution is -2.31. The minimum absolute atomic E-state index is 0.0895. The smallest absolute Gasteiger partial charge is 0.230 e. The Morgan fingerprint density at radius 2 is 2.55 bits per heavy atom. The molecule has 0 spiro atoms. The molecule has 2 radical (unpaired) electrons. The minimum Gasteiger partial charge on any atom is -0.393 e. The molecule has 1 amide bonds. The summed E-state index contributed by atoms with van der Waals surface area (Å²) in [6, 6.07) is 0.285. The topological polar surface area (TPSA) is 20.3 Å². The van der Waals surface area contributed by atoms with Crippen molar-refractivity contribution >= 4 is 25.7 Å². The van der Waals surface area contributed by atoms with Gasteiger partial charge in [-0.1, -0.05) is 6.92 Å². The van der Waals surface area contributed by atoms with Crippen molar-refractivity contribution in [3.63, 3.8) is 0 Å². The van der Waals surface area contributed by atoms with Gasteiger partial charge in [-0.2, -0.15) is 11.8 Å². The normalized spacial score (nSPS) is 24.6. The third-order valence-electron chi connectivity index (χ3n) is 1.89. The molecule has 0 bridgehead atoms. The monoisotopic (exact) mass is 169 g/mol. The third kappa shape index (κ3) is 2.16. The number of thioether (sulfide) groups is 1. The molecular weight excluding hydrogens is 157 g/mol. The van der Waals surface area contributed by atoms with E-state index in [1.165, 1.54) is 4.81 Å². The van der Waals surface area contributed by atoms with E-state index in [-0.39, 0.29) is 11.9 Å². The predicted octanol–water partition coefficient (Wildman–Crippen LogP) is 0.814. The summed E-state index contributed by atoms with van der Waals surface area (Å²) in [7, 11) is 5.53. The van der Waals surface area contributed by atoms with Gasteiger partial charge in [0, 0.05) is 18.2 Å². The number of hydrogen-bond acceptors (Lipinski definition) is 2. The lowest BCUT2D eigenvalue weighted by atomic mass is 10.2. The Kier molecular flexibility index (Phi) is 3.30. The van der Waals surface area contributed by atoms with Crippen LogP contribution in [0.25, 0.3) is 0 Å². The maximum Gasteiger partial charge on any atom is 0.230 e. The van der Waals surface area contributed by atoms with Gasteiger partial charge in [-0.3, -0.25) is 4.79 Å². The molecule has 0 aromatic carbocycles. The molecule has 1 atom stereocenters. The highest BCUT2D eigenvalue weighted by molar-refractivity contribution is 7.99. The maximum atomic E-state index is 10.9. The van der Waals surface area contributed by atoms with Gasteiger partial charge >= 0.3 is 0 Å². The van der Waals surface area contributed by atoms with E-state index in [2.05, 4.69) is 6.92 Å². The van der Waals surface area contributed by atoms with Crippen LogP contribution in [0.2, 0.25) is 0 Å². The third-order valence-corrected chi connectivity index (χ3v) is 2.92. The molecule has 0 N–H and O–H groups in total. The largest absolute Gasteiger partial charge is 0.393 e. The summed E-state index contributed by atoms with van der Waals surface area (Å²) in [6.45, 7) is 2.11. The van der Waals surface area contributed by atoms with E-state index in [9.17, 15) is 4.79 Å². The molecule has 60 valence electrons. The zero-order chi connectivity index (χ0) is 8.27. The highest BCUT2D eigenvalue weighted by Gasteiger charge is 2.26. The fraction of sp³-hybridized carbons (Fsp3) is 0.857. The molecular formula is C7H12BNOS. The van der Waals surface area contributed by atoms with E-state index in [0.29, 0.717) is 6.42 Å². The van der Waals surface area contributed by atoms with Crippen molar-refractivity contribution in [3.8, 4) is 0 Å². The lowest BCUT2D eigenvalue weighted by Gasteiger charge is -2.19. The second-order valence-electron chi connectivity index (χ2n) is 2.65. The van der Waals surface area contributed by atoms with Crippen LogP contribution < -0.4 is 0 Å². The summed E-state index contributed by atoms with van der Waals surface area (Å²) >= 11 is 1.84. The van der Waals surface area contributed by atoms with Crippen LogP contribution in [0.5, 0.6) is 0 Å². The maximum absolute atomic E-state index is 10.9. The first kappa shape index (κ1) is 8.98. The fourth-order valence-electron chi connectivity index (χ4n) is 1.18. The van der Waals surface area contributed by atoms with E-state index in [1.807, 2.05) is 11.8 Å². The Bertz CT molecular complexity index is 153.